The van der Waals surface area contributed by atoms with Crippen LogP contribution in [0.15, 0.2) is 60.2 Å². The number of nitrogens with zero attached hydrogens (tertiary/aromatic N) is 1. The van der Waals surface area contributed by atoms with Gasteiger partial charge in [0.2, 0.25) is 0 Å². The van der Waals surface area contributed by atoms with Gasteiger partial charge in [0.15, 0.2) is 0 Å². The predicted octanol–water partition coefficient (Wildman–Crippen LogP) is 3.14. The molecule has 0 saturated heterocycles. The third-order valence-electron chi connectivity index (χ3n) is 3.98. The molecular weight excluding hydrogens is 302 g/mol. The van der Waals surface area contributed by atoms with Gasteiger partial charge in [0.1, 0.15) is 12.4 Å². The van der Waals surface area contributed by atoms with Gasteiger partial charge in [-0.2, -0.15) is 0 Å². The summed E-state index contributed by atoms with van der Waals surface area (Å²) in [6, 6.07) is 17.7. The third kappa shape index (κ3) is 3.84. The standard InChI is InChI=1S/C20H21NO3/c1-23-12-11-21(14-16-7-3-2-4-8-16)20(22)18-13-17-9-5-6-10-19(17)24-15-18/h2-10,13H,11-12,14-15H2,1H3. The fraction of sp³-hybridized carbons (Fsp3) is 0.250. The molecule has 0 saturated carbocycles. The van der Waals surface area contributed by atoms with Crippen molar-refractivity contribution in [3.63, 3.8) is 0 Å². The number of hydrogen-bond donors (Lipinski definition) is 0. The molecule has 0 N–H and O–H groups in total. The Hall–Kier alpha value is -2.59. The summed E-state index contributed by atoms with van der Waals surface area (Å²) in [5.41, 5.74) is 2.71. The van der Waals surface area contributed by atoms with Crippen LogP contribution in [0.4, 0.5) is 0 Å². The fourth-order valence-corrected chi connectivity index (χ4v) is 2.70. The van der Waals surface area contributed by atoms with Crippen molar-refractivity contribution in [2.24, 2.45) is 0 Å². The number of ether oxygens (including phenoxy) is 2. The van der Waals surface area contributed by atoms with Crippen molar-refractivity contribution < 1.29 is 14.3 Å². The Kier molecular flexibility index (Phi) is 5.29. The number of carbonyl (C=O) groups is 1. The van der Waals surface area contributed by atoms with Crippen molar-refractivity contribution in [3.05, 3.63) is 71.3 Å². The van der Waals surface area contributed by atoms with Gasteiger partial charge in [-0.15, -0.1) is 0 Å². The topological polar surface area (TPSA) is 38.8 Å². The maximum Gasteiger partial charge on any atom is 0.253 e. The minimum atomic E-state index is -0.00888. The van der Waals surface area contributed by atoms with E-state index < -0.39 is 0 Å². The van der Waals surface area contributed by atoms with Crippen LogP contribution in [0, 0.1) is 0 Å². The number of para-hydroxylation sites is 1. The first-order chi connectivity index (χ1) is 11.8. The Morgan fingerprint density at radius 2 is 1.88 bits per heavy atom. The first-order valence-corrected chi connectivity index (χ1v) is 8.02. The molecule has 1 amide bonds. The lowest BCUT2D eigenvalue weighted by Crippen LogP contribution is -2.36. The first kappa shape index (κ1) is 16.3. The van der Waals surface area contributed by atoms with Crippen LogP contribution in [0.1, 0.15) is 11.1 Å². The molecular formula is C20H21NO3. The van der Waals surface area contributed by atoms with Gasteiger partial charge in [0.05, 0.1) is 12.2 Å². The van der Waals surface area contributed by atoms with Gasteiger partial charge in [-0.3, -0.25) is 4.79 Å². The van der Waals surface area contributed by atoms with Crippen molar-refractivity contribution in [2.75, 3.05) is 26.9 Å². The number of methoxy groups -OCH3 is 1. The number of rotatable bonds is 6. The number of amides is 1. The molecule has 0 unspecified atom stereocenters. The lowest BCUT2D eigenvalue weighted by atomic mass is 10.1. The molecule has 0 bridgehead atoms. The number of fused-ring (bicyclic) bond motifs is 1. The quantitative estimate of drug-likeness (QED) is 0.820. The normalized spacial score (nSPS) is 12.8. The predicted molar refractivity (Wildman–Crippen MR) is 93.6 cm³/mol. The van der Waals surface area contributed by atoms with E-state index in [0.717, 1.165) is 16.9 Å². The number of hydrogen-bond acceptors (Lipinski definition) is 3. The molecule has 0 atom stereocenters. The van der Waals surface area contributed by atoms with Crippen molar-refractivity contribution in [3.8, 4) is 5.75 Å². The molecule has 3 rings (SSSR count). The summed E-state index contributed by atoms with van der Waals surface area (Å²) in [5, 5.41) is 0. The molecule has 1 heterocycles. The second-order valence-corrected chi connectivity index (χ2v) is 5.70. The van der Waals surface area contributed by atoms with Gasteiger partial charge in [0.25, 0.3) is 5.91 Å². The van der Waals surface area contributed by atoms with Gasteiger partial charge in [-0.1, -0.05) is 48.5 Å². The molecule has 24 heavy (non-hydrogen) atoms. The summed E-state index contributed by atoms with van der Waals surface area (Å²) in [6.07, 6.45) is 1.92. The minimum absolute atomic E-state index is 0.00888. The van der Waals surface area contributed by atoms with E-state index in [1.165, 1.54) is 0 Å². The van der Waals surface area contributed by atoms with Gasteiger partial charge in [-0.05, 0) is 17.7 Å². The van der Waals surface area contributed by atoms with Crippen LogP contribution in [0.2, 0.25) is 0 Å². The zero-order chi connectivity index (χ0) is 16.8. The molecule has 2 aromatic carbocycles. The maximum absolute atomic E-state index is 12.9. The van der Waals surface area contributed by atoms with E-state index in [4.69, 9.17) is 9.47 Å². The maximum atomic E-state index is 12.9. The van der Waals surface area contributed by atoms with E-state index in [9.17, 15) is 4.79 Å². The van der Waals surface area contributed by atoms with Crippen LogP contribution in [-0.2, 0) is 16.1 Å². The number of carbonyl (C=O) groups excluding carboxylic acids is 1. The molecule has 0 aliphatic carbocycles. The highest BCUT2D eigenvalue weighted by Crippen LogP contribution is 2.26. The van der Waals surface area contributed by atoms with Crippen LogP contribution in [0.5, 0.6) is 5.75 Å². The van der Waals surface area contributed by atoms with Crippen LogP contribution >= 0.6 is 0 Å². The molecule has 124 valence electrons. The van der Waals surface area contributed by atoms with Crippen LogP contribution in [-0.4, -0.2) is 37.7 Å². The van der Waals surface area contributed by atoms with Gasteiger partial charge in [0, 0.05) is 25.8 Å². The summed E-state index contributed by atoms with van der Waals surface area (Å²) < 4.78 is 10.9. The summed E-state index contributed by atoms with van der Waals surface area (Å²) in [7, 11) is 1.64. The summed E-state index contributed by atoms with van der Waals surface area (Å²) in [5.74, 6) is 0.811. The van der Waals surface area contributed by atoms with E-state index in [2.05, 4.69) is 0 Å². The zero-order valence-electron chi connectivity index (χ0n) is 13.8. The first-order valence-electron chi connectivity index (χ1n) is 8.02. The van der Waals surface area contributed by atoms with Gasteiger partial charge >= 0.3 is 0 Å². The van der Waals surface area contributed by atoms with Crippen LogP contribution < -0.4 is 4.74 Å². The van der Waals surface area contributed by atoms with Crippen molar-refractivity contribution in [1.29, 1.82) is 0 Å². The smallest absolute Gasteiger partial charge is 0.253 e. The van der Waals surface area contributed by atoms with Crippen molar-refractivity contribution in [1.82, 2.24) is 4.90 Å². The SMILES string of the molecule is COCCN(Cc1ccccc1)C(=O)C1=Cc2ccccc2OC1. The Balaban J connectivity index is 1.79. The lowest BCUT2D eigenvalue weighted by molar-refractivity contribution is -0.128. The van der Waals surface area contributed by atoms with Gasteiger partial charge < -0.3 is 14.4 Å². The molecule has 4 heteroatoms. The van der Waals surface area contributed by atoms with Crippen LogP contribution in [0.25, 0.3) is 6.08 Å². The van der Waals surface area contributed by atoms with E-state index in [1.54, 1.807) is 7.11 Å². The van der Waals surface area contributed by atoms with E-state index in [1.807, 2.05) is 65.6 Å². The molecule has 4 nitrogen and oxygen atoms in total. The average molecular weight is 323 g/mol. The Morgan fingerprint density at radius 3 is 2.67 bits per heavy atom. The molecule has 0 radical (unpaired) electrons. The second kappa shape index (κ2) is 7.79. The largest absolute Gasteiger partial charge is 0.488 e. The summed E-state index contributed by atoms with van der Waals surface area (Å²) in [6.45, 7) is 1.91. The highest BCUT2D eigenvalue weighted by atomic mass is 16.5. The molecule has 0 fully saturated rings. The van der Waals surface area contributed by atoms with Gasteiger partial charge in [-0.25, -0.2) is 0 Å². The third-order valence-corrected chi connectivity index (χ3v) is 3.98. The van der Waals surface area contributed by atoms with E-state index >= 15 is 0 Å². The Labute approximate surface area is 142 Å². The molecule has 1 aliphatic heterocycles. The molecule has 0 aromatic heterocycles. The highest BCUT2D eigenvalue weighted by molar-refractivity contribution is 5.99. The van der Waals surface area contributed by atoms with Crippen molar-refractivity contribution >= 4 is 12.0 Å². The van der Waals surface area contributed by atoms with E-state index in [0.29, 0.717) is 31.9 Å². The summed E-state index contributed by atoms with van der Waals surface area (Å²) in [4.78, 5) is 14.7. The Morgan fingerprint density at radius 1 is 1.12 bits per heavy atom. The van der Waals surface area contributed by atoms with E-state index in [-0.39, 0.29) is 5.91 Å². The minimum Gasteiger partial charge on any atom is -0.488 e. The molecule has 2 aromatic rings. The number of benzene rings is 2. The molecule has 1 aliphatic rings. The second-order valence-electron chi connectivity index (χ2n) is 5.70. The fourth-order valence-electron chi connectivity index (χ4n) is 2.70. The monoisotopic (exact) mass is 323 g/mol. The lowest BCUT2D eigenvalue weighted by Gasteiger charge is -2.26. The van der Waals surface area contributed by atoms with Crippen LogP contribution in [0.3, 0.4) is 0 Å². The summed E-state index contributed by atoms with van der Waals surface area (Å²) >= 11 is 0. The highest BCUT2D eigenvalue weighted by Gasteiger charge is 2.22. The van der Waals surface area contributed by atoms with Crippen molar-refractivity contribution in [2.45, 2.75) is 6.54 Å². The molecule has 0 spiro atoms. The Bertz CT molecular complexity index is 725. The average Bonchev–Trinajstić information content (AvgIpc) is 2.65. The zero-order valence-corrected chi connectivity index (χ0v) is 13.8.